The number of nitrogens with zero attached hydrogens (tertiary/aromatic N) is 2. The third-order valence-electron chi connectivity index (χ3n) is 4.85. The summed E-state index contributed by atoms with van der Waals surface area (Å²) in [7, 11) is 2.71. The van der Waals surface area contributed by atoms with E-state index in [0.717, 1.165) is 11.2 Å². The molecule has 0 unspecified atom stereocenters. The molecular formula is C18H23BN2O4. The molecule has 0 atom stereocenters. The maximum absolute atomic E-state index is 6.10. The second-order valence-corrected chi connectivity index (χ2v) is 6.98. The molecule has 0 N–H and O–H groups in total. The van der Waals surface area contributed by atoms with E-state index >= 15 is 0 Å². The van der Waals surface area contributed by atoms with Crippen LogP contribution in [0.15, 0.2) is 30.6 Å². The summed E-state index contributed by atoms with van der Waals surface area (Å²) in [6.07, 6.45) is 3.40. The van der Waals surface area contributed by atoms with Gasteiger partial charge in [0.1, 0.15) is 11.5 Å². The van der Waals surface area contributed by atoms with Gasteiger partial charge in [-0.2, -0.15) is 0 Å². The molecule has 25 heavy (non-hydrogen) atoms. The molecule has 1 fully saturated rings. The molecule has 1 aliphatic heterocycles. The lowest BCUT2D eigenvalue weighted by atomic mass is 9.79. The molecule has 0 saturated carbocycles. The van der Waals surface area contributed by atoms with Crippen molar-refractivity contribution in [3.8, 4) is 22.9 Å². The first-order valence-corrected chi connectivity index (χ1v) is 8.17. The van der Waals surface area contributed by atoms with Crippen LogP contribution in [0.3, 0.4) is 0 Å². The van der Waals surface area contributed by atoms with Gasteiger partial charge < -0.3 is 18.8 Å². The average molecular weight is 342 g/mol. The van der Waals surface area contributed by atoms with E-state index in [4.69, 9.17) is 18.8 Å². The highest BCUT2D eigenvalue weighted by Crippen LogP contribution is 2.37. The zero-order valence-electron chi connectivity index (χ0n) is 15.5. The molecule has 7 heteroatoms. The van der Waals surface area contributed by atoms with Crippen molar-refractivity contribution in [3.05, 3.63) is 30.6 Å². The van der Waals surface area contributed by atoms with Gasteiger partial charge in [-0.1, -0.05) is 0 Å². The molecule has 3 rings (SSSR count). The topological polar surface area (TPSA) is 62.7 Å². The monoisotopic (exact) mass is 342 g/mol. The van der Waals surface area contributed by atoms with Crippen molar-refractivity contribution in [2.75, 3.05) is 14.2 Å². The van der Waals surface area contributed by atoms with Crippen LogP contribution in [-0.4, -0.2) is 42.5 Å². The van der Waals surface area contributed by atoms with E-state index in [-0.39, 0.29) is 0 Å². The number of ether oxygens (including phenoxy) is 2. The van der Waals surface area contributed by atoms with Gasteiger partial charge >= 0.3 is 7.12 Å². The second kappa shape index (κ2) is 6.31. The Morgan fingerprint density at radius 2 is 1.56 bits per heavy atom. The lowest BCUT2D eigenvalue weighted by Crippen LogP contribution is -2.41. The summed E-state index contributed by atoms with van der Waals surface area (Å²) in [6, 6.07) is 5.46. The van der Waals surface area contributed by atoms with Crippen LogP contribution in [0.1, 0.15) is 27.7 Å². The zero-order valence-corrected chi connectivity index (χ0v) is 15.5. The van der Waals surface area contributed by atoms with Crippen LogP contribution in [-0.2, 0) is 9.31 Å². The minimum atomic E-state index is -0.528. The molecule has 132 valence electrons. The SMILES string of the molecule is COc1ccnc(-c2cc(OC)c(B3OC(C)(C)C(C)(C)O3)cn2)c1. The van der Waals surface area contributed by atoms with Crippen LogP contribution in [0.5, 0.6) is 11.5 Å². The number of aromatic nitrogens is 2. The van der Waals surface area contributed by atoms with Gasteiger partial charge in [0.25, 0.3) is 0 Å². The van der Waals surface area contributed by atoms with Crippen LogP contribution in [0, 0.1) is 0 Å². The van der Waals surface area contributed by atoms with E-state index in [1.54, 1.807) is 32.7 Å². The summed E-state index contributed by atoms with van der Waals surface area (Å²) in [6.45, 7) is 8.06. The molecule has 0 aliphatic carbocycles. The van der Waals surface area contributed by atoms with Crippen molar-refractivity contribution in [2.24, 2.45) is 0 Å². The van der Waals surface area contributed by atoms with Crippen LogP contribution in [0.25, 0.3) is 11.4 Å². The lowest BCUT2D eigenvalue weighted by molar-refractivity contribution is 0.00578. The fourth-order valence-electron chi connectivity index (χ4n) is 2.59. The maximum atomic E-state index is 6.10. The Balaban J connectivity index is 1.96. The average Bonchev–Trinajstić information content (AvgIpc) is 2.82. The summed E-state index contributed by atoms with van der Waals surface area (Å²) in [5.41, 5.74) is 1.31. The highest BCUT2D eigenvalue weighted by Gasteiger charge is 2.52. The molecule has 0 aromatic carbocycles. The van der Waals surface area contributed by atoms with Crippen LogP contribution >= 0.6 is 0 Å². The molecule has 2 aromatic heterocycles. The van der Waals surface area contributed by atoms with Crippen LogP contribution in [0.2, 0.25) is 0 Å². The zero-order chi connectivity index (χ0) is 18.2. The predicted molar refractivity (Wildman–Crippen MR) is 96.3 cm³/mol. The Labute approximate surface area is 148 Å². The fourth-order valence-corrected chi connectivity index (χ4v) is 2.59. The molecule has 1 saturated heterocycles. The van der Waals surface area contributed by atoms with Gasteiger partial charge in [-0.3, -0.25) is 9.97 Å². The third kappa shape index (κ3) is 3.21. The number of pyridine rings is 2. The van der Waals surface area contributed by atoms with Crippen molar-refractivity contribution in [2.45, 2.75) is 38.9 Å². The van der Waals surface area contributed by atoms with E-state index in [9.17, 15) is 0 Å². The van der Waals surface area contributed by atoms with E-state index < -0.39 is 18.3 Å². The summed E-state index contributed by atoms with van der Waals surface area (Å²) >= 11 is 0. The first-order chi connectivity index (χ1) is 11.8. The maximum Gasteiger partial charge on any atom is 0.500 e. The minimum Gasteiger partial charge on any atom is -0.497 e. The lowest BCUT2D eigenvalue weighted by Gasteiger charge is -2.32. The summed E-state index contributed by atoms with van der Waals surface area (Å²) in [5.74, 6) is 1.37. The predicted octanol–water partition coefficient (Wildman–Crippen LogP) is 2.46. The van der Waals surface area contributed by atoms with Gasteiger partial charge in [0.15, 0.2) is 0 Å². The Hall–Kier alpha value is -2.12. The molecule has 6 nitrogen and oxygen atoms in total. The Morgan fingerprint density at radius 1 is 0.920 bits per heavy atom. The first kappa shape index (κ1) is 17.7. The number of methoxy groups -OCH3 is 2. The van der Waals surface area contributed by atoms with Gasteiger partial charge in [-0.25, -0.2) is 0 Å². The van der Waals surface area contributed by atoms with Gasteiger partial charge in [-0.15, -0.1) is 0 Å². The van der Waals surface area contributed by atoms with Gasteiger partial charge in [0, 0.05) is 30.0 Å². The summed E-state index contributed by atoms with van der Waals surface area (Å²) in [4.78, 5) is 8.86. The molecular weight excluding hydrogens is 319 g/mol. The van der Waals surface area contributed by atoms with E-state index in [1.807, 2.05) is 39.8 Å². The smallest absolute Gasteiger partial charge is 0.497 e. The van der Waals surface area contributed by atoms with E-state index in [2.05, 4.69) is 9.97 Å². The minimum absolute atomic E-state index is 0.421. The summed E-state index contributed by atoms with van der Waals surface area (Å²) in [5, 5.41) is 0. The molecule has 2 aromatic rings. The Kier molecular flexibility index (Phi) is 4.47. The molecule has 0 bridgehead atoms. The quantitative estimate of drug-likeness (QED) is 0.796. The summed E-state index contributed by atoms with van der Waals surface area (Å²) < 4.78 is 23.0. The molecule has 1 aliphatic rings. The molecule has 0 spiro atoms. The number of rotatable bonds is 4. The fraction of sp³-hybridized carbons (Fsp3) is 0.444. The number of hydrogen-bond acceptors (Lipinski definition) is 6. The van der Waals surface area contributed by atoms with Gasteiger partial charge in [0.05, 0.1) is 36.8 Å². The standard InChI is InChI=1S/C18H23BN2O4/c1-17(2)18(3,4)25-19(24-17)13-11-21-15(10-16(13)23-6)14-9-12(22-5)7-8-20-14/h7-11H,1-6H3. The third-order valence-corrected chi connectivity index (χ3v) is 4.85. The van der Waals surface area contributed by atoms with Gasteiger partial charge in [0.2, 0.25) is 0 Å². The van der Waals surface area contributed by atoms with Crippen LogP contribution < -0.4 is 14.9 Å². The van der Waals surface area contributed by atoms with Crippen LogP contribution in [0.4, 0.5) is 0 Å². The van der Waals surface area contributed by atoms with Gasteiger partial charge in [-0.05, 0) is 33.8 Å². The normalized spacial score (nSPS) is 18.2. The first-order valence-electron chi connectivity index (χ1n) is 8.17. The van der Waals surface area contributed by atoms with Crippen molar-refractivity contribution in [3.63, 3.8) is 0 Å². The van der Waals surface area contributed by atoms with Crippen molar-refractivity contribution in [1.29, 1.82) is 0 Å². The van der Waals surface area contributed by atoms with E-state index in [0.29, 0.717) is 17.1 Å². The number of hydrogen-bond donors (Lipinski definition) is 0. The largest absolute Gasteiger partial charge is 0.500 e. The Bertz CT molecular complexity index is 763. The Morgan fingerprint density at radius 3 is 2.16 bits per heavy atom. The molecule has 0 amide bonds. The van der Waals surface area contributed by atoms with Crippen molar-refractivity contribution in [1.82, 2.24) is 9.97 Å². The van der Waals surface area contributed by atoms with Crippen molar-refractivity contribution < 1.29 is 18.8 Å². The van der Waals surface area contributed by atoms with Crippen molar-refractivity contribution >= 4 is 12.6 Å². The molecule has 0 radical (unpaired) electrons. The second-order valence-electron chi connectivity index (χ2n) is 6.98. The highest BCUT2D eigenvalue weighted by atomic mass is 16.7. The highest BCUT2D eigenvalue weighted by molar-refractivity contribution is 6.63. The molecule has 3 heterocycles. The van der Waals surface area contributed by atoms with E-state index in [1.165, 1.54) is 0 Å².